The van der Waals surface area contributed by atoms with E-state index in [2.05, 4.69) is 34.4 Å². The number of hydrogen-bond acceptors (Lipinski definition) is 2. The Morgan fingerprint density at radius 1 is 1.56 bits per heavy atom. The fourth-order valence-corrected chi connectivity index (χ4v) is 1.82. The summed E-state index contributed by atoms with van der Waals surface area (Å²) in [7, 11) is 1.97. The third-order valence-electron chi connectivity index (χ3n) is 2.70. The molecule has 0 aliphatic carbocycles. The van der Waals surface area contributed by atoms with Crippen LogP contribution >= 0.6 is 0 Å². The number of hydrogen-bond donors (Lipinski definition) is 2. The Bertz CT molecular complexity index is 497. The second-order valence-electron chi connectivity index (χ2n) is 3.83. The molecule has 2 rings (SSSR count). The van der Waals surface area contributed by atoms with E-state index in [1.54, 1.807) is 6.20 Å². The van der Waals surface area contributed by atoms with Crippen LogP contribution in [0.25, 0.3) is 17.1 Å². The lowest BCUT2D eigenvalue weighted by molar-refractivity contribution is 0.851. The van der Waals surface area contributed by atoms with Gasteiger partial charge in [-0.05, 0) is 25.6 Å². The number of rotatable bonds is 4. The third-order valence-corrected chi connectivity index (χ3v) is 2.70. The average Bonchev–Trinajstić information content (AvgIpc) is 2.72. The molecular formula is C13H17N3. The van der Waals surface area contributed by atoms with E-state index < -0.39 is 0 Å². The molecule has 0 bridgehead atoms. The first-order chi connectivity index (χ1) is 7.85. The molecule has 0 saturated carbocycles. The molecule has 2 aromatic heterocycles. The van der Waals surface area contributed by atoms with E-state index in [-0.39, 0.29) is 0 Å². The van der Waals surface area contributed by atoms with Gasteiger partial charge in [-0.2, -0.15) is 0 Å². The minimum absolute atomic E-state index is 0.934. The normalized spacial score (nSPS) is 12.2. The number of H-pyrrole nitrogens is 1. The van der Waals surface area contributed by atoms with Crippen LogP contribution in [-0.4, -0.2) is 23.6 Å². The smallest absolute Gasteiger partial charge is 0.137 e. The van der Waals surface area contributed by atoms with Gasteiger partial charge in [-0.3, -0.25) is 0 Å². The highest BCUT2D eigenvalue weighted by Crippen LogP contribution is 2.19. The van der Waals surface area contributed by atoms with Crippen LogP contribution in [-0.2, 0) is 0 Å². The quantitative estimate of drug-likeness (QED) is 0.823. The van der Waals surface area contributed by atoms with E-state index >= 15 is 0 Å². The van der Waals surface area contributed by atoms with Gasteiger partial charge >= 0.3 is 0 Å². The van der Waals surface area contributed by atoms with Crippen LogP contribution in [0.1, 0.15) is 18.9 Å². The number of nitrogens with one attached hydrogen (secondary N) is 2. The van der Waals surface area contributed by atoms with E-state index in [1.807, 2.05) is 19.3 Å². The lowest BCUT2D eigenvalue weighted by Crippen LogP contribution is -2.09. The van der Waals surface area contributed by atoms with Crippen molar-refractivity contribution < 1.29 is 0 Å². The predicted octanol–water partition coefficient (Wildman–Crippen LogP) is 2.58. The summed E-state index contributed by atoms with van der Waals surface area (Å²) in [5.74, 6) is 0. The van der Waals surface area contributed by atoms with Gasteiger partial charge in [0.2, 0.25) is 0 Å². The highest BCUT2D eigenvalue weighted by Gasteiger charge is 2.02. The maximum atomic E-state index is 4.28. The van der Waals surface area contributed by atoms with Gasteiger partial charge in [0, 0.05) is 29.9 Å². The molecule has 0 aliphatic heterocycles. The van der Waals surface area contributed by atoms with Crippen LogP contribution in [0.3, 0.4) is 0 Å². The second-order valence-corrected chi connectivity index (χ2v) is 3.83. The van der Waals surface area contributed by atoms with Crippen LogP contribution in [0.2, 0.25) is 0 Å². The summed E-state index contributed by atoms with van der Waals surface area (Å²) >= 11 is 0. The lowest BCUT2D eigenvalue weighted by Gasteiger charge is -2.02. The maximum absolute atomic E-state index is 4.28. The summed E-state index contributed by atoms with van der Waals surface area (Å²) < 4.78 is 0. The molecule has 2 heterocycles. The van der Waals surface area contributed by atoms with Gasteiger partial charge in [0.15, 0.2) is 0 Å². The van der Waals surface area contributed by atoms with Crippen molar-refractivity contribution in [1.29, 1.82) is 0 Å². The van der Waals surface area contributed by atoms with Crippen molar-refractivity contribution in [2.75, 3.05) is 13.6 Å². The largest absolute Gasteiger partial charge is 0.346 e. The Balaban J connectivity index is 2.39. The van der Waals surface area contributed by atoms with Crippen molar-refractivity contribution in [3.05, 3.63) is 35.7 Å². The van der Waals surface area contributed by atoms with E-state index in [9.17, 15) is 0 Å². The van der Waals surface area contributed by atoms with Crippen LogP contribution in [0, 0.1) is 0 Å². The van der Waals surface area contributed by atoms with E-state index in [0.717, 1.165) is 18.6 Å². The summed E-state index contributed by atoms with van der Waals surface area (Å²) in [5, 5.41) is 4.37. The Hall–Kier alpha value is -1.61. The number of nitrogens with zero attached hydrogens (tertiary/aromatic N) is 1. The highest BCUT2D eigenvalue weighted by atomic mass is 14.8. The lowest BCUT2D eigenvalue weighted by atomic mass is 10.1. The van der Waals surface area contributed by atoms with E-state index in [4.69, 9.17) is 0 Å². The fraction of sp³-hybridized carbons (Fsp3) is 0.308. The van der Waals surface area contributed by atoms with Gasteiger partial charge in [-0.1, -0.05) is 18.6 Å². The Labute approximate surface area is 95.6 Å². The van der Waals surface area contributed by atoms with Gasteiger partial charge < -0.3 is 10.3 Å². The minimum Gasteiger partial charge on any atom is -0.346 e. The summed E-state index contributed by atoms with van der Waals surface area (Å²) in [5.41, 5.74) is 3.57. The van der Waals surface area contributed by atoms with Crippen molar-refractivity contribution in [2.24, 2.45) is 0 Å². The van der Waals surface area contributed by atoms with Crippen molar-refractivity contribution in [1.82, 2.24) is 15.3 Å². The molecule has 0 unspecified atom stereocenters. The monoisotopic (exact) mass is 215 g/mol. The Kier molecular flexibility index (Phi) is 3.37. The van der Waals surface area contributed by atoms with Crippen LogP contribution < -0.4 is 5.32 Å². The molecule has 3 nitrogen and oxygen atoms in total. The van der Waals surface area contributed by atoms with Crippen LogP contribution in [0.4, 0.5) is 0 Å². The maximum Gasteiger partial charge on any atom is 0.137 e. The number of aromatic amines is 1. The molecule has 84 valence electrons. The number of likely N-dealkylation sites (N-methyl/N-ethyl adjacent to an activating group) is 1. The number of pyridine rings is 1. The summed E-state index contributed by atoms with van der Waals surface area (Å²) in [6, 6.07) is 4.06. The molecule has 0 radical (unpaired) electrons. The van der Waals surface area contributed by atoms with Crippen LogP contribution in [0.5, 0.6) is 0 Å². The zero-order chi connectivity index (χ0) is 11.4. The second kappa shape index (κ2) is 4.94. The molecule has 0 aromatic carbocycles. The van der Waals surface area contributed by atoms with Crippen LogP contribution in [0.15, 0.2) is 30.1 Å². The molecule has 2 N–H and O–H groups in total. The van der Waals surface area contributed by atoms with E-state index in [1.165, 1.54) is 16.5 Å². The first-order valence-electron chi connectivity index (χ1n) is 5.61. The molecule has 0 atom stereocenters. The predicted molar refractivity (Wildman–Crippen MR) is 68.3 cm³/mol. The molecule has 16 heavy (non-hydrogen) atoms. The summed E-state index contributed by atoms with van der Waals surface area (Å²) in [6.07, 6.45) is 7.12. The molecule has 2 aromatic rings. The van der Waals surface area contributed by atoms with Gasteiger partial charge in [-0.25, -0.2) is 4.98 Å². The molecule has 3 heteroatoms. The fourth-order valence-electron chi connectivity index (χ4n) is 1.82. The standard InChI is InChI=1S/C13H17N3/c1-3-10(8-14-2)7-11-9-16-13-12(11)5-4-6-15-13/h4-7,9,14H,3,8H2,1-2H3,(H,15,16). The van der Waals surface area contributed by atoms with Crippen molar-refractivity contribution >= 4 is 17.1 Å². The molecular weight excluding hydrogens is 198 g/mol. The van der Waals surface area contributed by atoms with Gasteiger partial charge in [0.05, 0.1) is 0 Å². The molecule has 0 fully saturated rings. The van der Waals surface area contributed by atoms with Crippen molar-refractivity contribution in [3.63, 3.8) is 0 Å². The first kappa shape index (κ1) is 10.9. The molecule has 0 spiro atoms. The van der Waals surface area contributed by atoms with Gasteiger partial charge in [0.1, 0.15) is 5.65 Å². The zero-order valence-corrected chi connectivity index (χ0v) is 9.75. The molecule has 0 aliphatic rings. The summed E-state index contributed by atoms with van der Waals surface area (Å²) in [6.45, 7) is 3.11. The van der Waals surface area contributed by atoms with Crippen molar-refractivity contribution in [2.45, 2.75) is 13.3 Å². The molecule has 0 amide bonds. The zero-order valence-electron chi connectivity index (χ0n) is 9.75. The average molecular weight is 215 g/mol. The molecule has 0 saturated heterocycles. The number of fused-ring (bicyclic) bond motifs is 1. The SMILES string of the molecule is CCC(=Cc1c[nH]c2ncccc12)CNC. The summed E-state index contributed by atoms with van der Waals surface area (Å²) in [4.78, 5) is 7.46. The first-order valence-corrected chi connectivity index (χ1v) is 5.61. The van der Waals surface area contributed by atoms with E-state index in [0.29, 0.717) is 0 Å². The minimum atomic E-state index is 0.934. The Morgan fingerprint density at radius 2 is 2.44 bits per heavy atom. The van der Waals surface area contributed by atoms with Crippen molar-refractivity contribution in [3.8, 4) is 0 Å². The Morgan fingerprint density at radius 3 is 3.19 bits per heavy atom. The topological polar surface area (TPSA) is 40.7 Å². The number of aromatic nitrogens is 2. The highest BCUT2D eigenvalue weighted by molar-refractivity contribution is 5.86. The van der Waals surface area contributed by atoms with Gasteiger partial charge in [0.25, 0.3) is 0 Å². The van der Waals surface area contributed by atoms with Gasteiger partial charge in [-0.15, -0.1) is 0 Å². The third kappa shape index (κ3) is 2.14.